The number of hydrogen-bond acceptors (Lipinski definition) is 2. The van der Waals surface area contributed by atoms with Crippen LogP contribution < -0.4 is 4.43 Å². The predicted octanol–water partition coefficient (Wildman–Crippen LogP) is 10.2. The van der Waals surface area contributed by atoms with E-state index >= 15 is 0 Å². The second kappa shape index (κ2) is 16.7. The number of halogens is 3. The van der Waals surface area contributed by atoms with Gasteiger partial charge >= 0.3 is 8.56 Å². The van der Waals surface area contributed by atoms with E-state index in [2.05, 4.69) is 6.92 Å². The van der Waals surface area contributed by atoms with Crippen molar-refractivity contribution in [2.45, 2.75) is 110 Å². The average Bonchev–Trinajstić information content (AvgIpc) is 2.68. The van der Waals surface area contributed by atoms with Gasteiger partial charge in [0, 0.05) is 6.61 Å². The molecule has 0 radical (unpaired) electrons. The van der Waals surface area contributed by atoms with Gasteiger partial charge in [0.1, 0.15) is 5.75 Å². The predicted molar refractivity (Wildman–Crippen MR) is 136 cm³/mol. The molecule has 0 fully saturated rings. The zero-order valence-corrected chi connectivity index (χ0v) is 22.5. The van der Waals surface area contributed by atoms with Gasteiger partial charge in [0.25, 0.3) is 0 Å². The molecular formula is C24H41Cl3O2Si. The van der Waals surface area contributed by atoms with Gasteiger partial charge in [-0.2, -0.15) is 0 Å². The summed E-state index contributed by atoms with van der Waals surface area (Å²) in [4.78, 5) is 0. The molecule has 0 bridgehead atoms. The quantitative estimate of drug-likeness (QED) is 0.114. The monoisotopic (exact) mass is 494 g/mol. The zero-order chi connectivity index (χ0) is 22.2. The fourth-order valence-corrected chi connectivity index (χ4v) is 5.48. The lowest BCUT2D eigenvalue weighted by molar-refractivity contribution is 0.240. The summed E-state index contributed by atoms with van der Waals surface area (Å²) >= 11 is 18.1. The minimum Gasteiger partial charge on any atom is -0.520 e. The summed E-state index contributed by atoms with van der Waals surface area (Å²) in [6, 6.07) is 3.39. The Balaban J connectivity index is 1.99. The number of benzene rings is 1. The largest absolute Gasteiger partial charge is 0.520 e. The molecular weight excluding hydrogens is 455 g/mol. The Labute approximate surface area is 201 Å². The third-order valence-corrected chi connectivity index (χ3v) is 8.09. The summed E-state index contributed by atoms with van der Waals surface area (Å²) in [6.45, 7) is 7.09. The van der Waals surface area contributed by atoms with Crippen LogP contribution in [0.3, 0.4) is 0 Å². The first-order valence-electron chi connectivity index (χ1n) is 11.8. The molecule has 30 heavy (non-hydrogen) atoms. The van der Waals surface area contributed by atoms with Crippen LogP contribution in [0.15, 0.2) is 12.1 Å². The molecule has 6 heteroatoms. The van der Waals surface area contributed by atoms with Crippen molar-refractivity contribution < 1.29 is 8.85 Å². The zero-order valence-electron chi connectivity index (χ0n) is 19.2. The number of unbranched alkanes of at least 4 members (excludes halogenated alkanes) is 13. The maximum absolute atomic E-state index is 6.07. The average molecular weight is 496 g/mol. The van der Waals surface area contributed by atoms with Crippen molar-refractivity contribution in [1.82, 2.24) is 0 Å². The van der Waals surface area contributed by atoms with E-state index in [9.17, 15) is 0 Å². The van der Waals surface area contributed by atoms with Gasteiger partial charge < -0.3 is 8.85 Å². The fraction of sp³-hybridized carbons (Fsp3) is 0.750. The highest BCUT2D eigenvalue weighted by Gasteiger charge is 2.27. The maximum atomic E-state index is 6.07. The molecule has 0 spiro atoms. The van der Waals surface area contributed by atoms with Crippen LogP contribution in [0, 0.1) is 0 Å². The summed E-state index contributed by atoms with van der Waals surface area (Å²) < 4.78 is 12.1. The van der Waals surface area contributed by atoms with Crippen molar-refractivity contribution in [3.8, 4) is 5.75 Å². The van der Waals surface area contributed by atoms with E-state index in [0.29, 0.717) is 20.8 Å². The molecule has 0 aliphatic carbocycles. The second-order valence-electron chi connectivity index (χ2n) is 8.65. The Hall–Kier alpha value is 0.0669. The van der Waals surface area contributed by atoms with Gasteiger partial charge in [-0.15, -0.1) is 0 Å². The van der Waals surface area contributed by atoms with Crippen LogP contribution in [0.1, 0.15) is 96.8 Å². The Morgan fingerprint density at radius 2 is 1.07 bits per heavy atom. The van der Waals surface area contributed by atoms with Crippen LogP contribution in [-0.4, -0.2) is 15.2 Å². The van der Waals surface area contributed by atoms with Crippen LogP contribution in [0.4, 0.5) is 0 Å². The highest BCUT2D eigenvalue weighted by Crippen LogP contribution is 2.35. The molecule has 1 rings (SSSR count). The van der Waals surface area contributed by atoms with Crippen molar-refractivity contribution in [2.75, 3.05) is 6.61 Å². The topological polar surface area (TPSA) is 18.5 Å². The van der Waals surface area contributed by atoms with E-state index in [0.717, 1.165) is 13.0 Å². The summed E-state index contributed by atoms with van der Waals surface area (Å²) in [5.41, 5.74) is 0. The first-order chi connectivity index (χ1) is 14.4. The Morgan fingerprint density at radius 3 is 1.50 bits per heavy atom. The van der Waals surface area contributed by atoms with Crippen molar-refractivity contribution in [1.29, 1.82) is 0 Å². The molecule has 0 atom stereocenters. The van der Waals surface area contributed by atoms with Crippen molar-refractivity contribution in [2.24, 2.45) is 0 Å². The van der Waals surface area contributed by atoms with E-state index in [4.69, 9.17) is 43.7 Å². The maximum Gasteiger partial charge on any atom is 0.392 e. The van der Waals surface area contributed by atoms with Gasteiger partial charge in [0.05, 0.1) is 15.1 Å². The van der Waals surface area contributed by atoms with Crippen molar-refractivity contribution in [3.63, 3.8) is 0 Å². The molecule has 0 aliphatic heterocycles. The van der Waals surface area contributed by atoms with E-state index in [-0.39, 0.29) is 0 Å². The molecule has 174 valence electrons. The minimum absolute atomic E-state index is 0.355. The van der Waals surface area contributed by atoms with Gasteiger partial charge in [-0.25, -0.2) is 0 Å². The molecule has 0 heterocycles. The van der Waals surface area contributed by atoms with E-state index in [1.807, 2.05) is 13.1 Å². The summed E-state index contributed by atoms with van der Waals surface area (Å²) in [6.07, 6.45) is 19.0. The molecule has 0 saturated heterocycles. The standard InChI is InChI=1S/C24H41Cl3O2Si/c1-4-5-6-7-8-9-10-11-12-13-14-15-16-17-18-28-30(2,3)29-21-19-22(25)24(27)23(26)20-21/h19-20H,4-18H2,1-3H3. The third kappa shape index (κ3) is 13.5. The molecule has 1 aromatic rings. The van der Waals surface area contributed by atoms with Crippen molar-refractivity contribution >= 4 is 43.4 Å². The van der Waals surface area contributed by atoms with Gasteiger partial charge in [0.15, 0.2) is 0 Å². The molecule has 0 aliphatic rings. The molecule has 0 unspecified atom stereocenters. The van der Waals surface area contributed by atoms with Crippen LogP contribution in [0.25, 0.3) is 0 Å². The first kappa shape index (κ1) is 28.1. The molecule has 1 aromatic carbocycles. The molecule has 0 aromatic heterocycles. The normalized spacial score (nSPS) is 11.8. The second-order valence-corrected chi connectivity index (χ2v) is 13.1. The smallest absolute Gasteiger partial charge is 0.392 e. The molecule has 0 N–H and O–H groups in total. The van der Waals surface area contributed by atoms with Crippen LogP contribution in [-0.2, 0) is 4.43 Å². The van der Waals surface area contributed by atoms with Crippen LogP contribution in [0.5, 0.6) is 5.75 Å². The minimum atomic E-state index is -2.27. The summed E-state index contributed by atoms with van der Waals surface area (Å²) in [5.74, 6) is 0.618. The molecule has 0 saturated carbocycles. The molecule has 2 nitrogen and oxygen atoms in total. The van der Waals surface area contributed by atoms with Crippen LogP contribution in [0.2, 0.25) is 28.2 Å². The fourth-order valence-electron chi connectivity index (χ4n) is 3.52. The lowest BCUT2D eigenvalue weighted by Crippen LogP contribution is -2.38. The third-order valence-electron chi connectivity index (χ3n) is 5.27. The Bertz CT molecular complexity index is 559. The highest BCUT2D eigenvalue weighted by atomic mass is 35.5. The first-order valence-corrected chi connectivity index (χ1v) is 15.8. The van der Waals surface area contributed by atoms with E-state index in [1.54, 1.807) is 12.1 Å². The van der Waals surface area contributed by atoms with Crippen molar-refractivity contribution in [3.05, 3.63) is 27.2 Å². The number of rotatable bonds is 18. The van der Waals surface area contributed by atoms with Gasteiger partial charge in [-0.05, 0) is 31.6 Å². The van der Waals surface area contributed by atoms with Gasteiger partial charge in [-0.3, -0.25) is 0 Å². The Kier molecular flexibility index (Phi) is 15.6. The summed E-state index contributed by atoms with van der Waals surface area (Å²) in [5, 5.41) is 1.15. The van der Waals surface area contributed by atoms with Crippen LogP contribution >= 0.6 is 34.8 Å². The van der Waals surface area contributed by atoms with E-state index < -0.39 is 8.56 Å². The molecule has 0 amide bonds. The van der Waals surface area contributed by atoms with Gasteiger partial charge in [-0.1, -0.05) is 125 Å². The highest BCUT2D eigenvalue weighted by molar-refractivity contribution is 6.65. The number of hydrogen-bond donors (Lipinski definition) is 0. The Morgan fingerprint density at radius 1 is 0.667 bits per heavy atom. The SMILES string of the molecule is CCCCCCCCCCCCCCCCO[Si](C)(C)Oc1cc(Cl)c(Cl)c(Cl)c1. The summed E-state index contributed by atoms with van der Waals surface area (Å²) in [7, 11) is -2.27. The lowest BCUT2D eigenvalue weighted by Gasteiger charge is -2.24. The van der Waals surface area contributed by atoms with Gasteiger partial charge in [0.2, 0.25) is 0 Å². The van der Waals surface area contributed by atoms with E-state index in [1.165, 1.54) is 83.5 Å². The lowest BCUT2D eigenvalue weighted by atomic mass is 10.0.